The van der Waals surface area contributed by atoms with Crippen molar-refractivity contribution < 1.29 is 4.74 Å². The summed E-state index contributed by atoms with van der Waals surface area (Å²) in [6, 6.07) is 6.52. The first-order chi connectivity index (χ1) is 9.72. The highest BCUT2D eigenvalue weighted by Crippen LogP contribution is 2.16. The molecule has 1 aromatic heterocycles. The second-order valence-corrected chi connectivity index (χ2v) is 4.61. The van der Waals surface area contributed by atoms with Gasteiger partial charge < -0.3 is 15.0 Å². The maximum atomic E-state index is 8.73. The van der Waals surface area contributed by atoms with Crippen LogP contribution in [-0.2, 0) is 4.74 Å². The van der Waals surface area contributed by atoms with Gasteiger partial charge in [-0.05, 0) is 25.6 Å². The Morgan fingerprint density at radius 3 is 2.80 bits per heavy atom. The molecular formula is C15H24N4O. The van der Waals surface area contributed by atoms with Gasteiger partial charge >= 0.3 is 0 Å². The van der Waals surface area contributed by atoms with E-state index in [0.29, 0.717) is 19.6 Å². The maximum Gasteiger partial charge on any atom is 0.0640 e. The summed E-state index contributed by atoms with van der Waals surface area (Å²) in [6.07, 6.45) is 2.37. The van der Waals surface area contributed by atoms with Gasteiger partial charge in [0.25, 0.3) is 0 Å². The monoisotopic (exact) mass is 276 g/mol. The van der Waals surface area contributed by atoms with Crippen LogP contribution < -0.4 is 10.2 Å². The molecule has 5 nitrogen and oxygen atoms in total. The first-order valence-electron chi connectivity index (χ1n) is 7.03. The summed E-state index contributed by atoms with van der Waals surface area (Å²) in [4.78, 5) is 6.63. The lowest BCUT2D eigenvalue weighted by Gasteiger charge is -2.23. The lowest BCUT2D eigenvalue weighted by atomic mass is 10.2. The number of anilines is 1. The van der Waals surface area contributed by atoms with Gasteiger partial charge in [0.05, 0.1) is 36.7 Å². The van der Waals surface area contributed by atoms with Gasteiger partial charge in [0.15, 0.2) is 0 Å². The Hall–Kier alpha value is -1.64. The van der Waals surface area contributed by atoms with Crippen LogP contribution in [0.1, 0.15) is 32.0 Å². The van der Waals surface area contributed by atoms with E-state index < -0.39 is 0 Å². The lowest BCUT2D eigenvalue weighted by Crippen LogP contribution is -2.28. The molecule has 0 aliphatic rings. The Labute approximate surface area is 121 Å². The van der Waals surface area contributed by atoms with Crippen molar-refractivity contribution in [3.63, 3.8) is 0 Å². The summed E-state index contributed by atoms with van der Waals surface area (Å²) >= 11 is 0. The number of ether oxygens (including phenoxy) is 1. The van der Waals surface area contributed by atoms with Crippen molar-refractivity contribution in [2.45, 2.75) is 26.3 Å². The molecule has 0 aliphatic carbocycles. The summed E-state index contributed by atoms with van der Waals surface area (Å²) in [6.45, 7) is 7.21. The summed E-state index contributed by atoms with van der Waals surface area (Å²) in [5.74, 6) is 0. The Kier molecular flexibility index (Phi) is 7.63. The SMILES string of the molecule is CCNC(C)c1ccc(N(CCC#N)CCOC)cn1. The number of pyridine rings is 1. The van der Waals surface area contributed by atoms with Gasteiger partial charge in [0.2, 0.25) is 0 Å². The highest BCUT2D eigenvalue weighted by atomic mass is 16.5. The Bertz CT molecular complexity index is 413. The molecule has 1 aromatic rings. The standard InChI is InChI=1S/C15H24N4O/c1-4-17-13(2)15-7-6-14(12-18-15)19(9-5-8-16)10-11-20-3/h6-7,12-13,17H,4-5,9-11H2,1-3H3. The van der Waals surface area contributed by atoms with Gasteiger partial charge in [-0.15, -0.1) is 0 Å². The average molecular weight is 276 g/mol. The molecule has 110 valence electrons. The topological polar surface area (TPSA) is 61.2 Å². The van der Waals surface area contributed by atoms with Gasteiger partial charge in [-0.2, -0.15) is 5.26 Å². The highest BCUT2D eigenvalue weighted by molar-refractivity contribution is 5.44. The van der Waals surface area contributed by atoms with Crippen molar-refractivity contribution in [2.75, 3.05) is 38.3 Å². The fraction of sp³-hybridized carbons (Fsp3) is 0.600. The van der Waals surface area contributed by atoms with Crippen LogP contribution in [0.25, 0.3) is 0 Å². The molecule has 5 heteroatoms. The third-order valence-electron chi connectivity index (χ3n) is 3.15. The minimum absolute atomic E-state index is 0.251. The smallest absolute Gasteiger partial charge is 0.0640 e. The largest absolute Gasteiger partial charge is 0.383 e. The third kappa shape index (κ3) is 5.16. The molecule has 0 aromatic carbocycles. The zero-order valence-electron chi connectivity index (χ0n) is 12.6. The van der Waals surface area contributed by atoms with Crippen LogP contribution in [0, 0.1) is 11.3 Å². The fourth-order valence-corrected chi connectivity index (χ4v) is 2.01. The maximum absolute atomic E-state index is 8.73. The number of methoxy groups -OCH3 is 1. The molecule has 0 aliphatic heterocycles. The molecule has 0 saturated heterocycles. The van der Waals surface area contributed by atoms with E-state index in [4.69, 9.17) is 10.00 Å². The van der Waals surface area contributed by atoms with Crippen molar-refractivity contribution in [3.05, 3.63) is 24.0 Å². The van der Waals surface area contributed by atoms with Crippen LogP contribution in [0.15, 0.2) is 18.3 Å². The van der Waals surface area contributed by atoms with Crippen molar-refractivity contribution in [2.24, 2.45) is 0 Å². The first kappa shape index (κ1) is 16.4. The summed E-state index contributed by atoms with van der Waals surface area (Å²) in [5.41, 5.74) is 2.06. The Balaban J connectivity index is 2.73. The summed E-state index contributed by atoms with van der Waals surface area (Å²) in [5, 5.41) is 12.1. The molecule has 0 fully saturated rings. The average Bonchev–Trinajstić information content (AvgIpc) is 2.48. The van der Waals surface area contributed by atoms with Crippen LogP contribution in [0.5, 0.6) is 0 Å². The number of hydrogen-bond donors (Lipinski definition) is 1. The van der Waals surface area contributed by atoms with Crippen molar-refractivity contribution in [1.82, 2.24) is 10.3 Å². The van der Waals surface area contributed by atoms with Gasteiger partial charge in [-0.1, -0.05) is 6.92 Å². The van der Waals surface area contributed by atoms with E-state index in [-0.39, 0.29) is 6.04 Å². The number of nitrogens with one attached hydrogen (secondary N) is 1. The molecule has 1 unspecified atom stereocenters. The number of rotatable bonds is 9. The normalized spacial score (nSPS) is 11.9. The van der Waals surface area contributed by atoms with Crippen LogP contribution in [-0.4, -0.2) is 38.3 Å². The minimum Gasteiger partial charge on any atom is -0.383 e. The zero-order valence-corrected chi connectivity index (χ0v) is 12.6. The van der Waals surface area contributed by atoms with E-state index in [1.807, 2.05) is 12.3 Å². The number of aromatic nitrogens is 1. The molecule has 20 heavy (non-hydrogen) atoms. The van der Waals surface area contributed by atoms with Gasteiger partial charge in [0, 0.05) is 26.2 Å². The Morgan fingerprint density at radius 1 is 1.45 bits per heavy atom. The first-order valence-corrected chi connectivity index (χ1v) is 7.03. The summed E-state index contributed by atoms with van der Waals surface area (Å²) in [7, 11) is 1.68. The van der Waals surface area contributed by atoms with Crippen molar-refractivity contribution in [3.8, 4) is 6.07 Å². The van der Waals surface area contributed by atoms with Crippen LogP contribution in [0.4, 0.5) is 5.69 Å². The van der Waals surface area contributed by atoms with Gasteiger partial charge in [-0.3, -0.25) is 4.98 Å². The van der Waals surface area contributed by atoms with E-state index in [1.165, 1.54) is 0 Å². The van der Waals surface area contributed by atoms with E-state index in [2.05, 4.69) is 41.2 Å². The quantitative estimate of drug-likeness (QED) is 0.748. The van der Waals surface area contributed by atoms with E-state index >= 15 is 0 Å². The van der Waals surface area contributed by atoms with Crippen molar-refractivity contribution in [1.29, 1.82) is 5.26 Å². The molecular weight excluding hydrogens is 252 g/mol. The third-order valence-corrected chi connectivity index (χ3v) is 3.15. The highest BCUT2D eigenvalue weighted by Gasteiger charge is 2.09. The van der Waals surface area contributed by atoms with Gasteiger partial charge in [-0.25, -0.2) is 0 Å². The summed E-state index contributed by atoms with van der Waals surface area (Å²) < 4.78 is 5.11. The van der Waals surface area contributed by atoms with Crippen LogP contribution in [0.2, 0.25) is 0 Å². The van der Waals surface area contributed by atoms with E-state index in [0.717, 1.165) is 24.5 Å². The number of nitriles is 1. The van der Waals surface area contributed by atoms with E-state index in [9.17, 15) is 0 Å². The van der Waals surface area contributed by atoms with Crippen LogP contribution >= 0.6 is 0 Å². The minimum atomic E-state index is 0.251. The lowest BCUT2D eigenvalue weighted by molar-refractivity contribution is 0.205. The number of hydrogen-bond acceptors (Lipinski definition) is 5. The molecule has 1 heterocycles. The molecule has 0 spiro atoms. The second-order valence-electron chi connectivity index (χ2n) is 4.61. The molecule has 0 radical (unpaired) electrons. The molecule has 0 bridgehead atoms. The Morgan fingerprint density at radius 2 is 2.25 bits per heavy atom. The molecule has 1 atom stereocenters. The van der Waals surface area contributed by atoms with E-state index in [1.54, 1.807) is 7.11 Å². The molecule has 0 saturated carbocycles. The van der Waals surface area contributed by atoms with Crippen molar-refractivity contribution >= 4 is 5.69 Å². The van der Waals surface area contributed by atoms with Crippen LogP contribution in [0.3, 0.4) is 0 Å². The predicted molar refractivity (Wildman–Crippen MR) is 80.6 cm³/mol. The molecule has 0 amide bonds. The molecule has 1 N–H and O–H groups in total. The molecule has 1 rings (SSSR count). The van der Waals surface area contributed by atoms with Gasteiger partial charge in [0.1, 0.15) is 0 Å². The number of nitrogens with zero attached hydrogens (tertiary/aromatic N) is 3. The predicted octanol–water partition coefficient (Wildman–Crippen LogP) is 2.12. The second kappa shape index (κ2) is 9.29. The zero-order chi connectivity index (χ0) is 14.8. The fourth-order valence-electron chi connectivity index (χ4n) is 2.01.